The number of carbonyl (C=O) groups is 3. The maximum absolute atomic E-state index is 12.4. The lowest BCUT2D eigenvalue weighted by Gasteiger charge is -2.15. The lowest BCUT2D eigenvalue weighted by atomic mass is 10.0. The van der Waals surface area contributed by atoms with Crippen molar-refractivity contribution in [3.8, 4) is 0 Å². The molecule has 0 spiro atoms. The highest BCUT2D eigenvalue weighted by Gasteiger charge is 2.33. The van der Waals surface area contributed by atoms with E-state index in [9.17, 15) is 14.4 Å². The second-order valence-corrected chi connectivity index (χ2v) is 6.68. The molecule has 1 aliphatic carbocycles. The third-order valence-electron chi connectivity index (χ3n) is 4.84. The molecule has 2 N–H and O–H groups in total. The predicted molar refractivity (Wildman–Crippen MR) is 96.1 cm³/mol. The first kappa shape index (κ1) is 18.3. The van der Waals surface area contributed by atoms with Gasteiger partial charge in [-0.15, -0.1) is 0 Å². The third kappa shape index (κ3) is 4.58. The number of Topliss-reactive ketones (excluding diaryl/α,β-unsaturated/α-hetero) is 1. The Morgan fingerprint density at radius 1 is 1.15 bits per heavy atom. The van der Waals surface area contributed by atoms with E-state index in [1.807, 2.05) is 30.3 Å². The summed E-state index contributed by atoms with van der Waals surface area (Å²) in [5.74, 6) is -1.44. The van der Waals surface area contributed by atoms with Gasteiger partial charge in [-0.05, 0) is 37.8 Å². The molecule has 1 aromatic carbocycles. The van der Waals surface area contributed by atoms with E-state index in [0.29, 0.717) is 25.0 Å². The molecular formula is C20H24N2O4. The van der Waals surface area contributed by atoms with E-state index in [2.05, 4.69) is 10.6 Å². The molecule has 2 aliphatic rings. The fraction of sp³-hybridized carbons (Fsp3) is 0.450. The summed E-state index contributed by atoms with van der Waals surface area (Å²) in [6.07, 6.45) is 4.73. The molecule has 26 heavy (non-hydrogen) atoms. The van der Waals surface area contributed by atoms with E-state index in [4.69, 9.17) is 4.74 Å². The van der Waals surface area contributed by atoms with Gasteiger partial charge in [0.05, 0.1) is 12.0 Å². The van der Waals surface area contributed by atoms with Crippen molar-refractivity contribution in [3.05, 3.63) is 47.5 Å². The van der Waals surface area contributed by atoms with Crippen molar-refractivity contribution in [3.63, 3.8) is 0 Å². The smallest absolute Gasteiger partial charge is 0.314 e. The van der Waals surface area contributed by atoms with Crippen LogP contribution in [-0.2, 0) is 25.7 Å². The van der Waals surface area contributed by atoms with Crippen LogP contribution < -0.4 is 10.6 Å². The van der Waals surface area contributed by atoms with Crippen LogP contribution in [0.15, 0.2) is 42.0 Å². The Hall–Kier alpha value is -2.47. The van der Waals surface area contributed by atoms with Crippen molar-refractivity contribution in [2.24, 2.45) is 5.92 Å². The minimum absolute atomic E-state index is 0.104. The Bertz CT molecular complexity index is 693. The molecule has 138 valence electrons. The maximum atomic E-state index is 12.4. The fourth-order valence-corrected chi connectivity index (χ4v) is 3.38. The van der Waals surface area contributed by atoms with Crippen molar-refractivity contribution >= 4 is 17.7 Å². The van der Waals surface area contributed by atoms with Gasteiger partial charge in [0.1, 0.15) is 0 Å². The summed E-state index contributed by atoms with van der Waals surface area (Å²) in [6.45, 7) is 0.998. The van der Waals surface area contributed by atoms with Gasteiger partial charge in [-0.2, -0.15) is 0 Å². The van der Waals surface area contributed by atoms with Gasteiger partial charge < -0.3 is 15.4 Å². The first-order valence-electron chi connectivity index (χ1n) is 9.10. The second kappa shape index (κ2) is 8.76. The Morgan fingerprint density at radius 2 is 1.96 bits per heavy atom. The molecule has 6 nitrogen and oxygen atoms in total. The Balaban J connectivity index is 1.49. The highest BCUT2D eigenvalue weighted by Crippen LogP contribution is 2.27. The average Bonchev–Trinajstić information content (AvgIpc) is 3.36. The molecule has 1 aliphatic heterocycles. The summed E-state index contributed by atoms with van der Waals surface area (Å²) in [7, 11) is 0. The number of hydrogen-bond acceptors (Lipinski definition) is 5. The first-order chi connectivity index (χ1) is 12.6. The van der Waals surface area contributed by atoms with Gasteiger partial charge in [-0.1, -0.05) is 36.4 Å². The highest BCUT2D eigenvalue weighted by molar-refractivity contribution is 6.00. The minimum atomic E-state index is -0.588. The number of amides is 1. The van der Waals surface area contributed by atoms with Crippen molar-refractivity contribution in [2.45, 2.75) is 38.3 Å². The van der Waals surface area contributed by atoms with Gasteiger partial charge in [0.2, 0.25) is 5.91 Å². The molecule has 1 unspecified atom stereocenters. The van der Waals surface area contributed by atoms with Gasteiger partial charge in [-0.25, -0.2) is 0 Å². The van der Waals surface area contributed by atoms with E-state index in [1.165, 1.54) is 0 Å². The predicted octanol–water partition coefficient (Wildman–Crippen LogP) is 1.50. The van der Waals surface area contributed by atoms with Crippen LogP contribution in [0.5, 0.6) is 0 Å². The van der Waals surface area contributed by atoms with Crippen molar-refractivity contribution < 1.29 is 19.1 Å². The molecule has 1 heterocycles. The molecule has 6 heteroatoms. The van der Waals surface area contributed by atoms with Crippen LogP contribution >= 0.6 is 0 Å². The van der Waals surface area contributed by atoms with Crippen LogP contribution in [0.2, 0.25) is 0 Å². The molecular weight excluding hydrogens is 332 g/mol. The van der Waals surface area contributed by atoms with Crippen LogP contribution in [0, 0.1) is 5.92 Å². The van der Waals surface area contributed by atoms with E-state index >= 15 is 0 Å². The summed E-state index contributed by atoms with van der Waals surface area (Å²) in [6, 6.07) is 9.38. The zero-order chi connectivity index (χ0) is 18.4. The Labute approximate surface area is 153 Å². The third-order valence-corrected chi connectivity index (χ3v) is 4.84. The SMILES string of the molecule is O=C(NCc1ccccc1)C1=CCCC1C(=O)OCC(=O)[C@@H]1CCCN1. The number of rotatable bonds is 7. The lowest BCUT2D eigenvalue weighted by Crippen LogP contribution is -2.35. The van der Waals surface area contributed by atoms with Crippen molar-refractivity contribution in [1.82, 2.24) is 10.6 Å². The zero-order valence-electron chi connectivity index (χ0n) is 14.7. The minimum Gasteiger partial charge on any atom is -0.457 e. The van der Waals surface area contributed by atoms with Crippen LogP contribution in [0.3, 0.4) is 0 Å². The van der Waals surface area contributed by atoms with E-state index in [1.54, 1.807) is 6.08 Å². The van der Waals surface area contributed by atoms with E-state index in [-0.39, 0.29) is 24.3 Å². The quantitative estimate of drug-likeness (QED) is 0.724. The number of allylic oxidation sites excluding steroid dienone is 1. The molecule has 2 atom stereocenters. The van der Waals surface area contributed by atoms with Crippen LogP contribution in [0.1, 0.15) is 31.2 Å². The van der Waals surface area contributed by atoms with Crippen molar-refractivity contribution in [1.29, 1.82) is 0 Å². The number of carbonyl (C=O) groups excluding carboxylic acids is 3. The molecule has 0 radical (unpaired) electrons. The highest BCUT2D eigenvalue weighted by atomic mass is 16.5. The summed E-state index contributed by atoms with van der Waals surface area (Å²) in [4.78, 5) is 36.8. The number of ketones is 1. The van der Waals surface area contributed by atoms with Crippen molar-refractivity contribution in [2.75, 3.05) is 13.2 Å². The second-order valence-electron chi connectivity index (χ2n) is 6.68. The molecule has 1 amide bonds. The summed E-state index contributed by atoms with van der Waals surface area (Å²) >= 11 is 0. The topological polar surface area (TPSA) is 84.5 Å². The van der Waals surface area contributed by atoms with Gasteiger partial charge in [0, 0.05) is 12.1 Å². The average molecular weight is 356 g/mol. The first-order valence-corrected chi connectivity index (χ1v) is 9.10. The molecule has 1 saturated heterocycles. The van der Waals surface area contributed by atoms with Gasteiger partial charge in [0.25, 0.3) is 0 Å². The standard InChI is InChI=1S/C20H24N2O4/c23-18(17-10-5-11-21-17)13-26-20(25)16-9-4-8-15(16)19(24)22-12-14-6-2-1-3-7-14/h1-3,6-8,16-17,21H,4-5,9-13H2,(H,22,24)/t16?,17-/m0/s1. The zero-order valence-corrected chi connectivity index (χ0v) is 14.7. The number of esters is 1. The Kier molecular flexibility index (Phi) is 6.17. The van der Waals surface area contributed by atoms with Gasteiger partial charge in [-0.3, -0.25) is 14.4 Å². The molecule has 0 saturated carbocycles. The van der Waals surface area contributed by atoms with E-state index < -0.39 is 11.9 Å². The summed E-state index contributed by atoms with van der Waals surface area (Å²) in [5, 5.41) is 5.94. The number of ether oxygens (including phenoxy) is 1. The largest absolute Gasteiger partial charge is 0.457 e. The van der Waals surface area contributed by atoms with Gasteiger partial charge in [0.15, 0.2) is 12.4 Å². The molecule has 0 aromatic heterocycles. The number of benzene rings is 1. The summed E-state index contributed by atoms with van der Waals surface area (Å²) < 4.78 is 5.19. The van der Waals surface area contributed by atoms with Crippen LogP contribution in [0.4, 0.5) is 0 Å². The molecule has 0 bridgehead atoms. The summed E-state index contributed by atoms with van der Waals surface area (Å²) in [5.41, 5.74) is 1.44. The van der Waals surface area contributed by atoms with Crippen LogP contribution in [-0.4, -0.2) is 36.9 Å². The molecule has 1 fully saturated rings. The van der Waals surface area contributed by atoms with Gasteiger partial charge >= 0.3 is 5.97 Å². The number of nitrogens with one attached hydrogen (secondary N) is 2. The van der Waals surface area contributed by atoms with Crippen LogP contribution in [0.25, 0.3) is 0 Å². The normalized spacial score (nSPS) is 21.9. The lowest BCUT2D eigenvalue weighted by molar-refractivity contribution is -0.151. The maximum Gasteiger partial charge on any atom is 0.314 e. The molecule has 3 rings (SSSR count). The molecule has 1 aromatic rings. The monoisotopic (exact) mass is 356 g/mol. The number of hydrogen-bond donors (Lipinski definition) is 2. The van der Waals surface area contributed by atoms with E-state index in [0.717, 1.165) is 24.9 Å². The fourth-order valence-electron chi connectivity index (χ4n) is 3.38. The Morgan fingerprint density at radius 3 is 2.69 bits per heavy atom.